The minimum absolute atomic E-state index is 0.184. The maximum Gasteiger partial charge on any atom is 0.210 e. The zero-order valence-electron chi connectivity index (χ0n) is 6.61. The molecule has 0 spiro atoms. The number of aldehydes is 1. The fraction of sp³-hybridized carbons (Fsp3) is 0.833. The highest BCUT2D eigenvalue weighted by Gasteiger charge is 2.29. The maximum absolute atomic E-state index is 10.4. The lowest BCUT2D eigenvalue weighted by molar-refractivity contribution is -0.480. The van der Waals surface area contributed by atoms with Gasteiger partial charge in [0.25, 0.3) is 0 Å². The molecule has 0 radical (unpaired) electrons. The molecule has 0 aromatic rings. The summed E-state index contributed by atoms with van der Waals surface area (Å²) in [5.41, 5.74) is -0.924. The van der Waals surface area contributed by atoms with Crippen LogP contribution in [0.2, 0.25) is 0 Å². The van der Waals surface area contributed by atoms with E-state index >= 15 is 0 Å². The molecule has 0 bridgehead atoms. The zero-order chi connectivity index (χ0) is 9.07. The number of hydrogen-bond donors (Lipinski definition) is 0. The summed E-state index contributed by atoms with van der Waals surface area (Å²) in [6, 6.07) is 0. The Morgan fingerprint density at radius 3 is 2.45 bits per heavy atom. The quantitative estimate of drug-likeness (QED) is 0.275. The van der Waals surface area contributed by atoms with Crippen molar-refractivity contribution in [2.75, 3.05) is 6.54 Å². The van der Waals surface area contributed by atoms with E-state index in [1.54, 1.807) is 13.8 Å². The Kier molecular flexibility index (Phi) is 3.59. The molecule has 0 aliphatic rings. The van der Waals surface area contributed by atoms with Crippen LogP contribution in [0.5, 0.6) is 0 Å². The number of nitro groups is 1. The third-order valence-corrected chi connectivity index (χ3v) is 2.68. The van der Waals surface area contributed by atoms with Crippen LogP contribution in [-0.4, -0.2) is 23.4 Å². The van der Waals surface area contributed by atoms with E-state index in [1.807, 2.05) is 0 Å². The van der Waals surface area contributed by atoms with Crippen LogP contribution >= 0.6 is 9.24 Å². The van der Waals surface area contributed by atoms with Gasteiger partial charge >= 0.3 is 0 Å². The molecule has 0 saturated carbocycles. The Morgan fingerprint density at radius 1 is 1.73 bits per heavy atom. The first-order valence-electron chi connectivity index (χ1n) is 3.24. The molecule has 2 atom stereocenters. The van der Waals surface area contributed by atoms with Gasteiger partial charge in [-0.15, -0.1) is 9.24 Å². The van der Waals surface area contributed by atoms with E-state index in [0.717, 1.165) is 6.29 Å². The topological polar surface area (TPSA) is 60.2 Å². The molecule has 0 fully saturated rings. The molecule has 0 aliphatic carbocycles. The average molecular weight is 177 g/mol. The highest BCUT2D eigenvalue weighted by Crippen LogP contribution is 2.24. The predicted molar refractivity (Wildman–Crippen MR) is 45.2 cm³/mol. The summed E-state index contributed by atoms with van der Waals surface area (Å²) in [7, 11) is 2.32. The van der Waals surface area contributed by atoms with E-state index < -0.39 is 10.3 Å². The largest absolute Gasteiger partial charge is 0.303 e. The molecule has 0 aromatic carbocycles. The van der Waals surface area contributed by atoms with Gasteiger partial charge in [-0.05, 0) is 0 Å². The number of carbonyl (C=O) groups is 1. The summed E-state index contributed by atoms with van der Waals surface area (Å²) in [6.07, 6.45) is 0.744. The minimum atomic E-state index is -0.627. The van der Waals surface area contributed by atoms with Crippen molar-refractivity contribution in [2.24, 2.45) is 5.41 Å². The highest BCUT2D eigenvalue weighted by molar-refractivity contribution is 7.17. The minimum Gasteiger partial charge on any atom is -0.303 e. The molecule has 64 valence electrons. The van der Waals surface area contributed by atoms with Crippen LogP contribution in [0.1, 0.15) is 13.8 Å². The third-order valence-electron chi connectivity index (χ3n) is 1.61. The van der Waals surface area contributed by atoms with E-state index in [1.165, 1.54) is 0 Å². The van der Waals surface area contributed by atoms with Crippen LogP contribution in [0.4, 0.5) is 0 Å². The Morgan fingerprint density at radius 2 is 2.18 bits per heavy atom. The van der Waals surface area contributed by atoms with Gasteiger partial charge in [-0.3, -0.25) is 10.1 Å². The number of nitrogens with zero attached hydrogens (tertiary/aromatic N) is 1. The van der Waals surface area contributed by atoms with Crippen LogP contribution in [0.25, 0.3) is 0 Å². The Labute approximate surface area is 67.7 Å². The Bertz CT molecular complexity index is 169. The van der Waals surface area contributed by atoms with Gasteiger partial charge in [0.15, 0.2) is 0 Å². The number of carbonyl (C=O) groups excluding carboxylic acids is 1. The van der Waals surface area contributed by atoms with E-state index in [9.17, 15) is 14.9 Å². The van der Waals surface area contributed by atoms with Gasteiger partial charge in [0.05, 0.1) is 0 Å². The van der Waals surface area contributed by atoms with Crippen molar-refractivity contribution in [3.05, 3.63) is 10.1 Å². The lowest BCUT2D eigenvalue weighted by atomic mass is 9.91. The second-order valence-corrected chi connectivity index (χ2v) is 3.87. The monoisotopic (exact) mass is 177 g/mol. The van der Waals surface area contributed by atoms with Crippen LogP contribution in [-0.2, 0) is 4.79 Å². The summed E-state index contributed by atoms with van der Waals surface area (Å²) < 4.78 is 0. The Hall–Kier alpha value is -0.500. The first kappa shape index (κ1) is 10.5. The summed E-state index contributed by atoms with van der Waals surface area (Å²) in [4.78, 5) is 20.0. The second-order valence-electron chi connectivity index (χ2n) is 3.06. The van der Waals surface area contributed by atoms with Gasteiger partial charge in [0.1, 0.15) is 6.29 Å². The molecule has 5 heteroatoms. The van der Waals surface area contributed by atoms with Gasteiger partial charge < -0.3 is 4.79 Å². The van der Waals surface area contributed by atoms with Crippen molar-refractivity contribution < 1.29 is 9.72 Å². The summed E-state index contributed by atoms with van der Waals surface area (Å²) in [6.45, 7) is 3.18. The molecular weight excluding hydrogens is 165 g/mol. The van der Waals surface area contributed by atoms with E-state index in [0.29, 0.717) is 0 Å². The molecule has 0 aliphatic heterocycles. The third kappa shape index (κ3) is 3.42. The van der Waals surface area contributed by atoms with Gasteiger partial charge in [-0.25, -0.2) is 0 Å². The van der Waals surface area contributed by atoms with E-state index in [4.69, 9.17) is 0 Å². The van der Waals surface area contributed by atoms with Crippen molar-refractivity contribution in [1.29, 1.82) is 0 Å². The first-order chi connectivity index (χ1) is 4.90. The molecule has 1 unspecified atom stereocenters. The fourth-order valence-electron chi connectivity index (χ4n) is 0.483. The lowest BCUT2D eigenvalue weighted by Gasteiger charge is -2.21. The zero-order valence-corrected chi connectivity index (χ0v) is 7.77. The molecule has 0 aromatic heterocycles. The van der Waals surface area contributed by atoms with Gasteiger partial charge in [0, 0.05) is 16.0 Å². The molecule has 0 amide bonds. The second kappa shape index (κ2) is 3.77. The maximum atomic E-state index is 10.4. The SMILES string of the molecule is CC(C)(C=O)[C@H](P)C[N+](=O)[O-]. The molecule has 0 saturated heterocycles. The van der Waals surface area contributed by atoms with Crippen LogP contribution < -0.4 is 0 Å². The lowest BCUT2D eigenvalue weighted by Crippen LogP contribution is -2.31. The molecule has 0 heterocycles. The molecular formula is C6H12NO3P. The fourth-order valence-corrected chi connectivity index (χ4v) is 0.734. The summed E-state index contributed by atoms with van der Waals surface area (Å²) >= 11 is 0. The summed E-state index contributed by atoms with van der Waals surface area (Å²) in [5, 5.41) is 10.0. The van der Waals surface area contributed by atoms with Crippen molar-refractivity contribution in [3.8, 4) is 0 Å². The normalized spacial score (nSPS) is 14.1. The smallest absolute Gasteiger partial charge is 0.210 e. The van der Waals surface area contributed by atoms with Gasteiger partial charge in [-0.1, -0.05) is 13.8 Å². The van der Waals surface area contributed by atoms with Gasteiger partial charge in [0.2, 0.25) is 6.54 Å². The molecule has 4 nitrogen and oxygen atoms in total. The van der Waals surface area contributed by atoms with Crippen LogP contribution in [0, 0.1) is 15.5 Å². The molecule has 0 N–H and O–H groups in total. The van der Waals surface area contributed by atoms with Crippen molar-refractivity contribution in [1.82, 2.24) is 0 Å². The van der Waals surface area contributed by atoms with Crippen molar-refractivity contribution in [3.63, 3.8) is 0 Å². The highest BCUT2D eigenvalue weighted by atomic mass is 31.0. The van der Waals surface area contributed by atoms with Crippen LogP contribution in [0.15, 0.2) is 0 Å². The van der Waals surface area contributed by atoms with E-state index in [2.05, 4.69) is 9.24 Å². The number of hydrogen-bond acceptors (Lipinski definition) is 3. The van der Waals surface area contributed by atoms with Crippen molar-refractivity contribution in [2.45, 2.75) is 19.5 Å². The average Bonchev–Trinajstić information content (AvgIpc) is 1.86. The predicted octanol–water partition coefficient (Wildman–Crippen LogP) is 0.732. The number of rotatable bonds is 4. The van der Waals surface area contributed by atoms with Crippen molar-refractivity contribution >= 4 is 15.5 Å². The first-order valence-corrected chi connectivity index (χ1v) is 3.90. The van der Waals surface area contributed by atoms with Gasteiger partial charge in [-0.2, -0.15) is 0 Å². The molecule has 11 heavy (non-hydrogen) atoms. The standard InChI is InChI=1S/C6H12NO3P/c1-6(2,4-8)5(11)3-7(9)10/h4-5H,3,11H2,1-2H3/t5-/m1/s1. The Balaban J connectivity index is 4.11. The van der Waals surface area contributed by atoms with Crippen LogP contribution in [0.3, 0.4) is 0 Å². The van der Waals surface area contributed by atoms with E-state index in [-0.39, 0.29) is 12.2 Å². The summed E-state index contributed by atoms with van der Waals surface area (Å²) in [5.74, 6) is 0. The molecule has 0 rings (SSSR count).